The van der Waals surface area contributed by atoms with Crippen LogP contribution in [0, 0.1) is 5.41 Å². The molecule has 1 aliphatic heterocycles. The highest BCUT2D eigenvalue weighted by Gasteiger charge is 2.39. The molecule has 4 nitrogen and oxygen atoms in total. The van der Waals surface area contributed by atoms with Crippen LogP contribution in [0.1, 0.15) is 23.0 Å². The van der Waals surface area contributed by atoms with Gasteiger partial charge in [-0.3, -0.25) is 9.59 Å². The first-order chi connectivity index (χ1) is 8.09. The highest BCUT2D eigenvalue weighted by molar-refractivity contribution is 7.12. The van der Waals surface area contributed by atoms with Gasteiger partial charge in [0.2, 0.25) is 5.91 Å². The van der Waals surface area contributed by atoms with Gasteiger partial charge in [0.25, 0.3) is 0 Å². The summed E-state index contributed by atoms with van der Waals surface area (Å²) < 4.78 is 0. The van der Waals surface area contributed by atoms with E-state index in [4.69, 9.17) is 0 Å². The number of nitrogens with zero attached hydrogens (tertiary/aromatic N) is 1. The Morgan fingerprint density at radius 1 is 1.65 bits per heavy atom. The second-order valence-electron chi connectivity index (χ2n) is 4.64. The molecule has 1 fully saturated rings. The minimum atomic E-state index is -0.321. The normalized spacial score (nSPS) is 23.8. The van der Waals surface area contributed by atoms with Crippen LogP contribution < -0.4 is 10.2 Å². The van der Waals surface area contributed by atoms with Gasteiger partial charge in [0.05, 0.1) is 10.3 Å². The highest BCUT2D eigenvalue weighted by Crippen LogP contribution is 2.34. The van der Waals surface area contributed by atoms with Gasteiger partial charge < -0.3 is 10.2 Å². The van der Waals surface area contributed by atoms with E-state index >= 15 is 0 Å². The van der Waals surface area contributed by atoms with Gasteiger partial charge in [-0.05, 0) is 19.4 Å². The summed E-state index contributed by atoms with van der Waals surface area (Å²) in [5, 5.41) is 4.69. The molecule has 5 heteroatoms. The minimum Gasteiger partial charge on any atom is -0.370 e. The van der Waals surface area contributed by atoms with E-state index in [1.807, 2.05) is 18.4 Å². The standard InChI is InChI=1S/C12H16N2O2S/c1-12(11(16)13-2)3-4-14(8-12)9-5-10(6-15)17-7-9/h5-7H,3-4,8H2,1-2H3,(H,13,16). The van der Waals surface area contributed by atoms with E-state index in [1.165, 1.54) is 11.3 Å². The highest BCUT2D eigenvalue weighted by atomic mass is 32.1. The first-order valence-corrected chi connectivity index (χ1v) is 6.48. The van der Waals surface area contributed by atoms with Crippen LogP contribution in [0.25, 0.3) is 0 Å². The van der Waals surface area contributed by atoms with Crippen molar-refractivity contribution in [2.45, 2.75) is 13.3 Å². The van der Waals surface area contributed by atoms with Crippen molar-refractivity contribution < 1.29 is 9.59 Å². The molecule has 2 heterocycles. The Morgan fingerprint density at radius 3 is 3.00 bits per heavy atom. The van der Waals surface area contributed by atoms with Gasteiger partial charge in [-0.1, -0.05) is 0 Å². The summed E-state index contributed by atoms with van der Waals surface area (Å²) in [4.78, 5) is 25.3. The molecule has 1 aromatic rings. The number of carbonyl (C=O) groups excluding carboxylic acids is 2. The van der Waals surface area contributed by atoms with Crippen molar-refractivity contribution in [1.82, 2.24) is 5.32 Å². The number of anilines is 1. The predicted molar refractivity (Wildman–Crippen MR) is 68.7 cm³/mol. The van der Waals surface area contributed by atoms with Crippen LogP contribution in [0.2, 0.25) is 0 Å². The molecule has 17 heavy (non-hydrogen) atoms. The molecule has 0 bridgehead atoms. The fourth-order valence-electron chi connectivity index (χ4n) is 2.24. The van der Waals surface area contributed by atoms with Crippen LogP contribution in [0.4, 0.5) is 5.69 Å². The van der Waals surface area contributed by atoms with Crippen molar-refractivity contribution in [2.75, 3.05) is 25.0 Å². The van der Waals surface area contributed by atoms with Crippen molar-refractivity contribution in [3.63, 3.8) is 0 Å². The molecule has 1 amide bonds. The molecular formula is C12H16N2O2S. The largest absolute Gasteiger partial charge is 0.370 e. The number of rotatable bonds is 3. The second-order valence-corrected chi connectivity index (χ2v) is 5.58. The molecule has 2 rings (SSSR count). The molecule has 0 spiro atoms. The molecule has 0 aromatic carbocycles. The molecule has 1 aromatic heterocycles. The van der Waals surface area contributed by atoms with Crippen LogP contribution in [-0.2, 0) is 4.79 Å². The van der Waals surface area contributed by atoms with E-state index in [1.54, 1.807) is 7.05 Å². The van der Waals surface area contributed by atoms with E-state index in [0.717, 1.165) is 29.8 Å². The number of carbonyl (C=O) groups is 2. The third-order valence-corrected chi connectivity index (χ3v) is 4.18. The van der Waals surface area contributed by atoms with Gasteiger partial charge in [0.1, 0.15) is 0 Å². The first kappa shape index (κ1) is 12.1. The predicted octanol–water partition coefficient (Wildman–Crippen LogP) is 1.52. The summed E-state index contributed by atoms with van der Waals surface area (Å²) in [5.41, 5.74) is 0.725. The summed E-state index contributed by atoms with van der Waals surface area (Å²) in [6.45, 7) is 3.56. The zero-order valence-corrected chi connectivity index (χ0v) is 10.8. The second kappa shape index (κ2) is 4.49. The summed E-state index contributed by atoms with van der Waals surface area (Å²) in [6.07, 6.45) is 1.71. The zero-order valence-electron chi connectivity index (χ0n) is 10.0. The lowest BCUT2D eigenvalue weighted by Gasteiger charge is -2.23. The summed E-state index contributed by atoms with van der Waals surface area (Å²) in [5.74, 6) is 0.0887. The molecule has 1 saturated heterocycles. The van der Waals surface area contributed by atoms with Crippen molar-refractivity contribution >= 4 is 29.2 Å². The Hall–Kier alpha value is -1.36. The fraction of sp³-hybridized carbons (Fsp3) is 0.500. The van der Waals surface area contributed by atoms with Crippen molar-refractivity contribution in [2.24, 2.45) is 5.41 Å². The molecule has 1 aliphatic rings. The van der Waals surface area contributed by atoms with Crippen molar-refractivity contribution in [3.05, 3.63) is 16.3 Å². The SMILES string of the molecule is CNC(=O)C1(C)CCN(c2csc(C=O)c2)C1. The average Bonchev–Trinajstić information content (AvgIpc) is 2.94. The van der Waals surface area contributed by atoms with Gasteiger partial charge in [-0.25, -0.2) is 0 Å². The third kappa shape index (κ3) is 2.20. The lowest BCUT2D eigenvalue weighted by atomic mass is 9.89. The zero-order chi connectivity index (χ0) is 12.5. The van der Waals surface area contributed by atoms with Crippen molar-refractivity contribution in [1.29, 1.82) is 0 Å². The number of thiophene rings is 1. The van der Waals surface area contributed by atoms with E-state index < -0.39 is 0 Å². The monoisotopic (exact) mass is 252 g/mol. The topological polar surface area (TPSA) is 49.4 Å². The Labute approximate surface area is 105 Å². The van der Waals surface area contributed by atoms with Crippen LogP contribution >= 0.6 is 11.3 Å². The van der Waals surface area contributed by atoms with Gasteiger partial charge >= 0.3 is 0 Å². The quantitative estimate of drug-likeness (QED) is 0.830. The molecule has 92 valence electrons. The van der Waals surface area contributed by atoms with E-state index in [0.29, 0.717) is 6.54 Å². The van der Waals surface area contributed by atoms with Gasteiger partial charge in [0.15, 0.2) is 6.29 Å². The maximum absolute atomic E-state index is 11.8. The number of nitrogens with one attached hydrogen (secondary N) is 1. The number of hydrogen-bond acceptors (Lipinski definition) is 4. The summed E-state index contributed by atoms with van der Waals surface area (Å²) >= 11 is 1.44. The molecular weight excluding hydrogens is 236 g/mol. The van der Waals surface area contributed by atoms with Crippen molar-refractivity contribution in [3.8, 4) is 0 Å². The van der Waals surface area contributed by atoms with E-state index in [-0.39, 0.29) is 11.3 Å². The average molecular weight is 252 g/mol. The van der Waals surface area contributed by atoms with E-state index in [2.05, 4.69) is 10.2 Å². The van der Waals surface area contributed by atoms with Gasteiger partial charge in [0, 0.05) is 31.2 Å². The van der Waals surface area contributed by atoms with Crippen LogP contribution in [0.15, 0.2) is 11.4 Å². The first-order valence-electron chi connectivity index (χ1n) is 5.60. The number of aldehydes is 1. The Balaban J connectivity index is 2.12. The minimum absolute atomic E-state index is 0.0887. The smallest absolute Gasteiger partial charge is 0.227 e. The molecule has 1 atom stereocenters. The van der Waals surface area contributed by atoms with Gasteiger partial charge in [-0.15, -0.1) is 11.3 Å². The Morgan fingerprint density at radius 2 is 2.41 bits per heavy atom. The van der Waals surface area contributed by atoms with Crippen LogP contribution in [-0.4, -0.2) is 32.3 Å². The van der Waals surface area contributed by atoms with Crippen LogP contribution in [0.5, 0.6) is 0 Å². The number of amides is 1. The summed E-state index contributed by atoms with van der Waals surface area (Å²) in [7, 11) is 1.67. The molecule has 0 radical (unpaired) electrons. The third-order valence-electron chi connectivity index (χ3n) is 3.34. The molecule has 0 aliphatic carbocycles. The fourth-order valence-corrected chi connectivity index (χ4v) is 2.96. The molecule has 1 N–H and O–H groups in total. The Bertz CT molecular complexity index is 443. The van der Waals surface area contributed by atoms with Crippen LogP contribution in [0.3, 0.4) is 0 Å². The summed E-state index contributed by atoms with van der Waals surface area (Å²) in [6, 6.07) is 1.88. The maximum atomic E-state index is 11.8. The van der Waals surface area contributed by atoms with Gasteiger partial charge in [-0.2, -0.15) is 0 Å². The lowest BCUT2D eigenvalue weighted by molar-refractivity contribution is -0.128. The Kier molecular flexibility index (Phi) is 3.19. The molecule has 1 unspecified atom stereocenters. The van der Waals surface area contributed by atoms with E-state index in [9.17, 15) is 9.59 Å². The maximum Gasteiger partial charge on any atom is 0.227 e. The molecule has 0 saturated carbocycles. The number of hydrogen-bond donors (Lipinski definition) is 1. The lowest BCUT2D eigenvalue weighted by Crippen LogP contribution is -2.39.